The Labute approximate surface area is 101 Å². The second-order valence-corrected chi connectivity index (χ2v) is 1.36. The number of rotatable bonds is 2. The Kier molecular flexibility index (Phi) is 305. The van der Waals surface area contributed by atoms with Crippen molar-refractivity contribution in [1.82, 2.24) is 0 Å². The van der Waals surface area contributed by atoms with Gasteiger partial charge >= 0.3 is 0 Å². The predicted molar refractivity (Wildman–Crippen MR) is 79.9 cm³/mol. The van der Waals surface area contributed by atoms with Gasteiger partial charge in [0.05, 0.1) is 0 Å². The maximum Gasteiger partial charge on any atom is 0 e. The summed E-state index contributed by atoms with van der Waals surface area (Å²) in [5.74, 6) is 0. The van der Waals surface area contributed by atoms with Crippen LogP contribution in [0.5, 0.6) is 0 Å². The molecule has 0 bridgehead atoms. The molecule has 0 aromatic heterocycles. The van der Waals surface area contributed by atoms with Gasteiger partial charge in [0, 0.05) is 1.43 Å². The average molecular weight is 228 g/mol. The fraction of sp³-hybridized carbons (Fsp3) is 0.833. The first kappa shape index (κ1) is 36.9. The van der Waals surface area contributed by atoms with Gasteiger partial charge in [0.15, 0.2) is 0 Å². The molecule has 14 heavy (non-hydrogen) atoms. The molecule has 0 fully saturated rings. The molecule has 0 aromatic rings. The topological polar surface area (TPSA) is 31.5 Å². The smallest absolute Gasteiger partial charge is 0 e. The molecule has 0 rings (SSSR count). The molecule has 0 saturated heterocycles. The van der Waals surface area contributed by atoms with Gasteiger partial charge in [-0.15, -0.1) is 0 Å². The maximum absolute atomic E-state index is 2.18. The lowest BCUT2D eigenvalue weighted by Crippen LogP contribution is -1.55. The number of unbranched alkanes of at least 4 members (excludes halogenated alkanes) is 1. The molecule has 2 heteroatoms. The summed E-state index contributed by atoms with van der Waals surface area (Å²) in [6.07, 6.45) is 6.77. The summed E-state index contributed by atoms with van der Waals surface area (Å²) in [6, 6.07) is 0. The Balaban J connectivity index is -0.0000000126. The summed E-state index contributed by atoms with van der Waals surface area (Å²) < 4.78 is 0. The van der Waals surface area contributed by atoms with Gasteiger partial charge in [-0.05, 0) is 13.3 Å². The van der Waals surface area contributed by atoms with Gasteiger partial charge < -0.3 is 5.48 Å². The van der Waals surface area contributed by atoms with Crippen LogP contribution in [0.3, 0.4) is 0 Å². The largest absolute Gasteiger partial charge is 0.412 e. The Morgan fingerprint density at radius 1 is 0.929 bits per heavy atom. The van der Waals surface area contributed by atoms with Crippen LogP contribution >= 0.6 is 13.5 Å². The molecule has 1 nitrogen and oxygen atoms in total. The Morgan fingerprint density at radius 2 is 1.21 bits per heavy atom. The number of hydrogen-bond donors (Lipinski definition) is 0. The van der Waals surface area contributed by atoms with E-state index in [9.17, 15) is 0 Å². The van der Waals surface area contributed by atoms with Crippen molar-refractivity contribution in [3.05, 3.63) is 12.2 Å². The molecule has 0 amide bonds. The molecule has 0 heterocycles. The first-order chi connectivity index (χ1) is 5.91. The van der Waals surface area contributed by atoms with Crippen LogP contribution in [0.4, 0.5) is 0 Å². The highest BCUT2D eigenvalue weighted by Crippen LogP contribution is 1.85. The van der Waals surface area contributed by atoms with E-state index in [1.807, 2.05) is 41.5 Å². The molecule has 0 aromatic carbocycles. The van der Waals surface area contributed by atoms with Crippen molar-refractivity contribution in [2.24, 2.45) is 0 Å². The number of allylic oxidation sites excluding steroid dienone is 2. The Hall–Kier alpha value is 0.0500. The zero-order chi connectivity index (χ0) is 10.8. The molecular weight excluding hydrogens is 192 g/mol. The van der Waals surface area contributed by atoms with Crippen molar-refractivity contribution in [3.8, 4) is 0 Å². The van der Waals surface area contributed by atoms with Gasteiger partial charge in [0.25, 0.3) is 0 Å². The summed E-state index contributed by atoms with van der Waals surface area (Å²) >= 11 is 0. The summed E-state index contributed by atoms with van der Waals surface area (Å²) in [6.45, 7) is 16.2. The monoisotopic (exact) mass is 228 g/mol. The predicted octanol–water partition coefficient (Wildman–Crippen LogP) is 4.98. The minimum Gasteiger partial charge on any atom is -0.412 e. The molecule has 0 aliphatic carbocycles. The third-order valence-electron chi connectivity index (χ3n) is 0.691. The van der Waals surface area contributed by atoms with Gasteiger partial charge in [-0.25, -0.2) is 0 Å². The minimum atomic E-state index is 0. The van der Waals surface area contributed by atoms with E-state index in [-0.39, 0.29) is 20.4 Å². The van der Waals surface area contributed by atoms with Crippen LogP contribution in [0.1, 0.15) is 69.7 Å². The van der Waals surface area contributed by atoms with Crippen molar-refractivity contribution in [3.63, 3.8) is 0 Å². The third kappa shape index (κ3) is 158. The molecule has 0 aliphatic heterocycles. The highest BCUT2D eigenvalue weighted by Gasteiger charge is 1.64. The Morgan fingerprint density at radius 3 is 1.29 bits per heavy atom. The van der Waals surface area contributed by atoms with E-state index in [1.165, 1.54) is 12.8 Å². The van der Waals surface area contributed by atoms with Gasteiger partial charge in [-0.2, -0.15) is 13.5 Å². The third-order valence-corrected chi connectivity index (χ3v) is 0.691. The minimum absolute atomic E-state index is 0. The van der Waals surface area contributed by atoms with Crippen molar-refractivity contribution in [2.75, 3.05) is 0 Å². The zero-order valence-corrected chi connectivity index (χ0v) is 12.6. The van der Waals surface area contributed by atoms with Gasteiger partial charge in [-0.3, -0.25) is 0 Å². The van der Waals surface area contributed by atoms with E-state index in [0.29, 0.717) is 0 Å². The number of hydrogen-bond acceptors (Lipinski definition) is 0. The molecule has 0 radical (unpaired) electrons. The molecule has 0 atom stereocenters. The van der Waals surface area contributed by atoms with E-state index in [0.717, 1.165) is 0 Å². The second kappa shape index (κ2) is 116. The standard InChI is InChI=1S/C6H12.3C2H6.H2O.H2S.H2/c1-3-5-6-4-2;3*1-2;;;/h3,5H,4,6H2,1-2H3;3*1-2H3;2*1H2;1H/b5-3-;;;;;;. The highest BCUT2D eigenvalue weighted by molar-refractivity contribution is 7.59. The molecule has 2 N–H and O–H groups in total. The van der Waals surface area contributed by atoms with Crippen LogP contribution in [0.15, 0.2) is 12.2 Å². The van der Waals surface area contributed by atoms with Crippen LogP contribution in [-0.2, 0) is 0 Å². The summed E-state index contributed by atoms with van der Waals surface area (Å²) in [7, 11) is 0. The lowest BCUT2D eigenvalue weighted by molar-refractivity contribution is 0.824. The van der Waals surface area contributed by atoms with Crippen molar-refractivity contribution >= 4 is 13.5 Å². The van der Waals surface area contributed by atoms with E-state index in [4.69, 9.17) is 0 Å². The normalized spacial score (nSPS) is 5.71. The van der Waals surface area contributed by atoms with Crippen LogP contribution < -0.4 is 0 Å². The van der Waals surface area contributed by atoms with Gasteiger partial charge in [-0.1, -0.05) is 67.0 Å². The van der Waals surface area contributed by atoms with E-state index in [2.05, 4.69) is 26.0 Å². The fourth-order valence-electron chi connectivity index (χ4n) is 0.333. The lowest BCUT2D eigenvalue weighted by Gasteiger charge is -1.76. The summed E-state index contributed by atoms with van der Waals surface area (Å²) in [5, 5.41) is 0. The van der Waals surface area contributed by atoms with E-state index in [1.54, 1.807) is 0 Å². The van der Waals surface area contributed by atoms with Crippen molar-refractivity contribution < 1.29 is 6.90 Å². The van der Waals surface area contributed by atoms with Crippen LogP contribution in [0.25, 0.3) is 0 Å². The molecular formula is C12H36OS. The van der Waals surface area contributed by atoms with Crippen LogP contribution in [-0.4, -0.2) is 5.48 Å². The molecule has 0 aliphatic rings. The van der Waals surface area contributed by atoms with Crippen LogP contribution in [0.2, 0.25) is 0 Å². The average Bonchev–Trinajstić information content (AvgIpc) is 2.24. The fourth-order valence-corrected chi connectivity index (χ4v) is 0.333. The summed E-state index contributed by atoms with van der Waals surface area (Å²) in [4.78, 5) is 0. The van der Waals surface area contributed by atoms with Gasteiger partial charge in [0.1, 0.15) is 0 Å². The van der Waals surface area contributed by atoms with Crippen molar-refractivity contribution in [1.29, 1.82) is 0 Å². The van der Waals surface area contributed by atoms with E-state index < -0.39 is 0 Å². The molecule has 0 spiro atoms. The van der Waals surface area contributed by atoms with E-state index >= 15 is 0 Å². The molecule has 96 valence electrons. The molecule has 0 saturated carbocycles. The lowest BCUT2D eigenvalue weighted by atomic mass is 10.3. The highest BCUT2D eigenvalue weighted by atomic mass is 32.1. The van der Waals surface area contributed by atoms with Crippen molar-refractivity contribution in [2.45, 2.75) is 68.2 Å². The zero-order valence-electron chi connectivity index (χ0n) is 11.6. The van der Waals surface area contributed by atoms with Crippen LogP contribution in [0, 0.1) is 0 Å². The van der Waals surface area contributed by atoms with Gasteiger partial charge in [0.2, 0.25) is 0 Å². The molecule has 0 unspecified atom stereocenters. The summed E-state index contributed by atoms with van der Waals surface area (Å²) in [5.41, 5.74) is 0. The first-order valence-electron chi connectivity index (χ1n) is 5.53. The quantitative estimate of drug-likeness (QED) is 0.597. The maximum atomic E-state index is 2.18. The SMILES string of the molecule is C/C=C\CCC.CC.CC.CC.O.S.[HH]. The first-order valence-corrected chi connectivity index (χ1v) is 5.53. The Bertz CT molecular complexity index is 50.9. The second-order valence-electron chi connectivity index (χ2n) is 1.36.